The molecule has 1 spiro atoms. The first-order valence-electron chi connectivity index (χ1n) is 11.8. The third kappa shape index (κ3) is 4.34. The molecule has 0 radical (unpaired) electrons. The SMILES string of the molecule is C=C/C=C1\C(=C/C)N(Oc2ccno2)C(=O)C12COc1cc(CC)c(CC)cc12.CC.CC. The third-order valence-electron chi connectivity index (χ3n) is 5.63. The van der Waals surface area contributed by atoms with Gasteiger partial charge >= 0.3 is 5.95 Å². The molecule has 2 aliphatic heterocycles. The van der Waals surface area contributed by atoms with Gasteiger partial charge in [-0.25, -0.2) is 0 Å². The van der Waals surface area contributed by atoms with Crippen LogP contribution >= 0.6 is 0 Å². The Morgan fingerprint density at radius 2 is 1.85 bits per heavy atom. The summed E-state index contributed by atoms with van der Waals surface area (Å²) in [6.07, 6.45) is 8.65. The van der Waals surface area contributed by atoms with Gasteiger partial charge in [0.05, 0.1) is 11.9 Å². The number of nitrogens with zero attached hydrogens (tertiary/aromatic N) is 2. The molecule has 2 aromatic rings. The molecule has 0 aliphatic carbocycles. The summed E-state index contributed by atoms with van der Waals surface area (Å²) >= 11 is 0. The van der Waals surface area contributed by atoms with Gasteiger partial charge in [-0.05, 0) is 37.0 Å². The van der Waals surface area contributed by atoms with Crippen molar-refractivity contribution in [1.29, 1.82) is 0 Å². The molecule has 2 aliphatic rings. The van der Waals surface area contributed by atoms with Crippen molar-refractivity contribution in [2.45, 2.75) is 66.7 Å². The maximum Gasteiger partial charge on any atom is 0.337 e. The maximum absolute atomic E-state index is 13.8. The van der Waals surface area contributed by atoms with Gasteiger partial charge in [-0.1, -0.05) is 77.6 Å². The first-order chi connectivity index (χ1) is 16.1. The molecule has 1 aromatic carbocycles. The van der Waals surface area contributed by atoms with Crippen LogP contribution in [0.3, 0.4) is 0 Å². The number of rotatable bonds is 5. The molecule has 6 heteroatoms. The number of carbonyl (C=O) groups is 1. The molecule has 178 valence electrons. The topological polar surface area (TPSA) is 64.8 Å². The van der Waals surface area contributed by atoms with Gasteiger partial charge in [-0.3, -0.25) is 4.79 Å². The summed E-state index contributed by atoms with van der Waals surface area (Å²) < 4.78 is 11.1. The Balaban J connectivity index is 0.000000914. The van der Waals surface area contributed by atoms with Crippen molar-refractivity contribution in [1.82, 2.24) is 10.2 Å². The van der Waals surface area contributed by atoms with Crippen molar-refractivity contribution >= 4 is 5.91 Å². The Hall–Kier alpha value is -3.28. The molecular weight excluding hydrogens is 416 g/mol. The van der Waals surface area contributed by atoms with Gasteiger partial charge in [0.15, 0.2) is 0 Å². The van der Waals surface area contributed by atoms with Gasteiger partial charge in [-0.15, -0.1) is 5.06 Å². The van der Waals surface area contributed by atoms with E-state index in [1.165, 1.54) is 22.4 Å². The molecule has 6 nitrogen and oxygen atoms in total. The summed E-state index contributed by atoms with van der Waals surface area (Å²) in [5, 5.41) is 4.92. The highest BCUT2D eigenvalue weighted by Gasteiger charge is 2.60. The summed E-state index contributed by atoms with van der Waals surface area (Å²) in [6, 6.07) is 5.74. The van der Waals surface area contributed by atoms with Crippen LogP contribution in [-0.4, -0.2) is 22.7 Å². The third-order valence-corrected chi connectivity index (χ3v) is 5.63. The largest absolute Gasteiger partial charge is 0.491 e. The number of aromatic nitrogens is 1. The second kappa shape index (κ2) is 11.5. The van der Waals surface area contributed by atoms with Crippen LogP contribution in [0.25, 0.3) is 0 Å². The van der Waals surface area contributed by atoms with Crippen LogP contribution in [0.5, 0.6) is 11.7 Å². The van der Waals surface area contributed by atoms with Crippen molar-refractivity contribution in [3.63, 3.8) is 0 Å². The number of ether oxygens (including phenoxy) is 1. The van der Waals surface area contributed by atoms with E-state index in [0.29, 0.717) is 5.70 Å². The molecular formula is C27H36N2O4. The van der Waals surface area contributed by atoms with Gasteiger partial charge < -0.3 is 14.1 Å². The standard InChI is InChI=1S/C23H24N2O4.2C2H6/c1-5-9-17-19(8-4)25(29-21-10-11-24-28-21)22(26)23(17)14-27-20-13-16(7-3)15(6-2)12-18(20)23;2*1-2/h5,8-13H,1,6-7,14H2,2-4H3;2*1-2H3/b17-9+,19-8+;;. The predicted octanol–water partition coefficient (Wildman–Crippen LogP) is 6.33. The van der Waals surface area contributed by atoms with Crippen molar-refractivity contribution in [3.05, 3.63) is 77.2 Å². The fourth-order valence-corrected chi connectivity index (χ4v) is 4.22. The minimum Gasteiger partial charge on any atom is -0.491 e. The minimum atomic E-state index is -0.985. The van der Waals surface area contributed by atoms with Crippen LogP contribution in [0.15, 0.2) is 65.0 Å². The Morgan fingerprint density at radius 1 is 1.18 bits per heavy atom. The van der Waals surface area contributed by atoms with Gasteiger partial charge in [0.25, 0.3) is 5.91 Å². The van der Waals surface area contributed by atoms with E-state index in [1.54, 1.807) is 12.1 Å². The predicted molar refractivity (Wildman–Crippen MR) is 131 cm³/mol. The van der Waals surface area contributed by atoms with Crippen molar-refractivity contribution in [3.8, 4) is 11.7 Å². The van der Waals surface area contributed by atoms with Gasteiger partial charge in [0, 0.05) is 17.2 Å². The number of fused-ring (bicyclic) bond motifs is 2. The van der Waals surface area contributed by atoms with Crippen LogP contribution in [0, 0.1) is 0 Å². The quantitative estimate of drug-likeness (QED) is 0.530. The molecule has 0 N–H and O–H groups in total. The molecule has 0 bridgehead atoms. The van der Waals surface area contributed by atoms with Crippen molar-refractivity contribution in [2.24, 2.45) is 0 Å². The fourth-order valence-electron chi connectivity index (χ4n) is 4.22. The van der Waals surface area contributed by atoms with Crippen LogP contribution < -0.4 is 9.57 Å². The highest BCUT2D eigenvalue weighted by atomic mass is 16.8. The maximum atomic E-state index is 13.8. The second-order valence-electron chi connectivity index (χ2n) is 7.03. The van der Waals surface area contributed by atoms with Crippen LogP contribution in [0.4, 0.5) is 0 Å². The lowest BCUT2D eigenvalue weighted by Crippen LogP contribution is -2.41. The van der Waals surface area contributed by atoms with E-state index in [1.807, 2.05) is 46.8 Å². The highest BCUT2D eigenvalue weighted by Crippen LogP contribution is 2.53. The minimum absolute atomic E-state index is 0.141. The number of aryl methyl sites for hydroxylation is 2. The van der Waals surface area contributed by atoms with E-state index in [4.69, 9.17) is 14.1 Å². The first kappa shape index (κ1) is 26.0. The molecule has 1 fully saturated rings. The second-order valence-corrected chi connectivity index (χ2v) is 7.03. The summed E-state index contributed by atoms with van der Waals surface area (Å²) in [7, 11) is 0. The van der Waals surface area contributed by atoms with E-state index in [2.05, 4.69) is 37.7 Å². The normalized spacial score (nSPS) is 20.7. The molecule has 33 heavy (non-hydrogen) atoms. The Kier molecular flexibility index (Phi) is 9.09. The zero-order valence-corrected chi connectivity index (χ0v) is 20.9. The van der Waals surface area contributed by atoms with E-state index in [0.717, 1.165) is 29.7 Å². The van der Waals surface area contributed by atoms with Gasteiger partial charge in [-0.2, -0.15) is 0 Å². The number of hydrogen-bond acceptors (Lipinski definition) is 5. The lowest BCUT2D eigenvalue weighted by atomic mass is 9.75. The Labute approximate surface area is 197 Å². The first-order valence-corrected chi connectivity index (χ1v) is 11.8. The summed E-state index contributed by atoms with van der Waals surface area (Å²) in [5.41, 5.74) is 3.78. The summed E-state index contributed by atoms with van der Waals surface area (Å²) in [5.74, 6) is 0.668. The van der Waals surface area contributed by atoms with Crippen LogP contribution in [-0.2, 0) is 23.1 Å². The molecule has 1 saturated heterocycles. The average molecular weight is 453 g/mol. The molecule has 1 unspecified atom stereocenters. The van der Waals surface area contributed by atoms with Crippen LogP contribution in [0.2, 0.25) is 0 Å². The lowest BCUT2D eigenvalue weighted by Gasteiger charge is -2.22. The molecule has 1 aromatic heterocycles. The zero-order valence-electron chi connectivity index (χ0n) is 20.9. The number of amides is 1. The lowest BCUT2D eigenvalue weighted by molar-refractivity contribution is -0.153. The number of carbonyl (C=O) groups excluding carboxylic acids is 1. The zero-order chi connectivity index (χ0) is 24.6. The molecule has 1 amide bonds. The number of benzene rings is 1. The number of allylic oxidation sites excluding steroid dienone is 4. The van der Waals surface area contributed by atoms with E-state index < -0.39 is 5.41 Å². The Morgan fingerprint density at radius 3 is 2.39 bits per heavy atom. The van der Waals surface area contributed by atoms with E-state index in [9.17, 15) is 4.79 Å². The highest BCUT2D eigenvalue weighted by molar-refractivity contribution is 6.00. The number of hydroxylamine groups is 2. The number of hydrogen-bond donors (Lipinski definition) is 0. The average Bonchev–Trinajstić information content (AvgIpc) is 3.57. The summed E-state index contributed by atoms with van der Waals surface area (Å²) in [4.78, 5) is 19.5. The van der Waals surface area contributed by atoms with Gasteiger partial charge in [0.1, 0.15) is 17.8 Å². The fraction of sp³-hybridized carbons (Fsp3) is 0.407. The molecule has 1 atom stereocenters. The van der Waals surface area contributed by atoms with E-state index in [-0.39, 0.29) is 18.5 Å². The van der Waals surface area contributed by atoms with E-state index >= 15 is 0 Å². The van der Waals surface area contributed by atoms with Crippen LogP contribution in [0.1, 0.15) is 65.2 Å². The van der Waals surface area contributed by atoms with Gasteiger partial charge in [0.2, 0.25) is 0 Å². The summed E-state index contributed by atoms with van der Waals surface area (Å²) in [6.45, 7) is 18.2. The molecule has 3 heterocycles. The van der Waals surface area contributed by atoms with Crippen molar-refractivity contribution in [2.75, 3.05) is 6.61 Å². The molecule has 4 rings (SSSR count). The Bertz CT molecular complexity index is 1020. The monoisotopic (exact) mass is 452 g/mol. The molecule has 0 saturated carbocycles. The smallest absolute Gasteiger partial charge is 0.337 e. The van der Waals surface area contributed by atoms with Crippen molar-refractivity contribution < 1.29 is 18.9 Å².